The van der Waals surface area contributed by atoms with Crippen molar-refractivity contribution in [3.05, 3.63) is 48.3 Å². The molecule has 4 atom stereocenters. The lowest BCUT2D eigenvalue weighted by Crippen LogP contribution is -2.52. The maximum Gasteiger partial charge on any atom is 0.192 e. The number of aliphatic hydroxyl groups is 2. The van der Waals surface area contributed by atoms with E-state index in [4.69, 9.17) is 17.7 Å². The van der Waals surface area contributed by atoms with Crippen LogP contribution in [0.4, 0.5) is 0 Å². The van der Waals surface area contributed by atoms with Gasteiger partial charge in [0.1, 0.15) is 23.7 Å². The van der Waals surface area contributed by atoms with Crippen molar-refractivity contribution in [2.24, 2.45) is 0 Å². The molecule has 0 spiro atoms. The molecule has 2 aromatic rings. The summed E-state index contributed by atoms with van der Waals surface area (Å²) in [5.41, 5.74) is 0. The molecule has 0 saturated heterocycles. The Balaban J connectivity index is 2.45. The Morgan fingerprint density at radius 1 is 0.706 bits per heavy atom. The van der Waals surface area contributed by atoms with Crippen LogP contribution in [-0.4, -0.2) is 39.1 Å². The van der Waals surface area contributed by atoms with Gasteiger partial charge in [-0.25, -0.2) is 0 Å². The fraction of sp³-hybridized carbons (Fsp3) is 0.692. The lowest BCUT2D eigenvalue weighted by atomic mass is 9.99. The quantitative estimate of drug-likeness (QED) is 0.311. The van der Waals surface area contributed by atoms with Gasteiger partial charge in [-0.15, -0.1) is 0 Å². The Bertz CT molecular complexity index is 775. The van der Waals surface area contributed by atoms with Gasteiger partial charge in [0.2, 0.25) is 0 Å². The molecule has 0 saturated carbocycles. The Kier molecular flexibility index (Phi) is 9.27. The van der Waals surface area contributed by atoms with Gasteiger partial charge in [-0.05, 0) is 60.5 Å². The molecule has 0 bridgehead atoms. The van der Waals surface area contributed by atoms with Crippen molar-refractivity contribution < 1.29 is 27.9 Å². The second kappa shape index (κ2) is 10.8. The van der Waals surface area contributed by atoms with E-state index in [0.29, 0.717) is 24.4 Å². The average molecular weight is 511 g/mol. The fourth-order valence-electron chi connectivity index (χ4n) is 3.30. The van der Waals surface area contributed by atoms with Crippen LogP contribution in [0, 0.1) is 0 Å². The van der Waals surface area contributed by atoms with Crippen LogP contribution >= 0.6 is 0 Å². The lowest BCUT2D eigenvalue weighted by molar-refractivity contribution is -0.0278. The third-order valence-corrected chi connectivity index (χ3v) is 16.6. The van der Waals surface area contributed by atoms with Gasteiger partial charge in [0.25, 0.3) is 0 Å². The van der Waals surface area contributed by atoms with Crippen molar-refractivity contribution in [2.45, 2.75) is 115 Å². The van der Waals surface area contributed by atoms with Crippen LogP contribution < -0.4 is 0 Å². The summed E-state index contributed by atoms with van der Waals surface area (Å²) >= 11 is 0. The molecule has 0 radical (unpaired) electrons. The van der Waals surface area contributed by atoms with Gasteiger partial charge in [0.05, 0.1) is 24.7 Å². The summed E-state index contributed by atoms with van der Waals surface area (Å²) in [6, 6.07) is 7.09. The monoisotopic (exact) mass is 510 g/mol. The van der Waals surface area contributed by atoms with Crippen LogP contribution in [0.1, 0.15) is 78.1 Å². The predicted molar refractivity (Wildman–Crippen MR) is 141 cm³/mol. The Morgan fingerprint density at radius 2 is 1.03 bits per heavy atom. The largest absolute Gasteiger partial charge is 0.467 e. The number of hydrogen-bond donors (Lipinski definition) is 2. The van der Waals surface area contributed by atoms with Crippen molar-refractivity contribution in [2.75, 3.05) is 0 Å². The molecule has 0 aliphatic heterocycles. The smallest absolute Gasteiger partial charge is 0.192 e. The zero-order valence-corrected chi connectivity index (χ0v) is 24.7. The average Bonchev–Trinajstić information content (AvgIpc) is 3.38. The number of hydrogen-bond acceptors (Lipinski definition) is 6. The number of rotatable bonds is 11. The zero-order chi connectivity index (χ0) is 25.9. The fourth-order valence-corrected chi connectivity index (χ4v) is 6.01. The molecule has 2 aromatic heterocycles. The van der Waals surface area contributed by atoms with Crippen LogP contribution in [0.3, 0.4) is 0 Å². The third kappa shape index (κ3) is 7.42. The van der Waals surface area contributed by atoms with Gasteiger partial charge in [0, 0.05) is 12.8 Å². The summed E-state index contributed by atoms with van der Waals surface area (Å²) in [5, 5.41) is 22.0. The normalized spacial score (nSPS) is 17.4. The van der Waals surface area contributed by atoms with Gasteiger partial charge < -0.3 is 27.9 Å². The number of furan rings is 2. The van der Waals surface area contributed by atoms with E-state index in [-0.39, 0.29) is 10.1 Å². The molecule has 0 aliphatic carbocycles. The highest BCUT2D eigenvalue weighted by Crippen LogP contribution is 2.43. The van der Waals surface area contributed by atoms with Crippen molar-refractivity contribution >= 4 is 16.6 Å². The van der Waals surface area contributed by atoms with Crippen LogP contribution in [0.25, 0.3) is 0 Å². The van der Waals surface area contributed by atoms with Gasteiger partial charge in [-0.2, -0.15) is 0 Å². The molecular formula is C26H46O6Si2. The molecule has 34 heavy (non-hydrogen) atoms. The summed E-state index contributed by atoms with van der Waals surface area (Å²) in [6.07, 6.45) is 1.21. The maximum atomic E-state index is 11.0. The molecule has 6 nitrogen and oxygen atoms in total. The molecule has 8 heteroatoms. The highest BCUT2D eigenvalue weighted by molar-refractivity contribution is 6.74. The van der Waals surface area contributed by atoms with Crippen LogP contribution in [-0.2, 0) is 8.85 Å². The molecule has 2 heterocycles. The summed E-state index contributed by atoms with van der Waals surface area (Å²) in [6.45, 7) is 22.0. The van der Waals surface area contributed by atoms with Crippen molar-refractivity contribution in [3.63, 3.8) is 0 Å². The van der Waals surface area contributed by atoms with Crippen LogP contribution in [0.15, 0.2) is 45.6 Å². The molecule has 0 amide bonds. The minimum atomic E-state index is -2.23. The van der Waals surface area contributed by atoms with E-state index in [1.807, 2.05) is 0 Å². The van der Waals surface area contributed by atoms with Gasteiger partial charge in [-0.3, -0.25) is 0 Å². The molecule has 2 N–H and O–H groups in total. The standard InChI is InChI=1S/C26H46O6Si2/c1-25(2,3)33(7,8)31-23(17-19(27)21-13-11-15-29-21)24(32-34(9,10)26(4,5)6)18-20(28)22-14-12-16-30-22/h11-16,19-20,23-24,27-28H,17-18H2,1-10H3/t19-,20-,23-,24+/m1/s1. The molecule has 2 rings (SSSR count). The molecule has 0 aromatic carbocycles. The van der Waals surface area contributed by atoms with E-state index in [1.54, 1.807) is 36.8 Å². The second-order valence-corrected chi connectivity index (χ2v) is 21.9. The topological polar surface area (TPSA) is 85.2 Å². The van der Waals surface area contributed by atoms with Crippen LogP contribution in [0.2, 0.25) is 36.3 Å². The maximum absolute atomic E-state index is 11.0. The third-order valence-electron chi connectivity index (χ3n) is 7.57. The van der Waals surface area contributed by atoms with Gasteiger partial charge in [-0.1, -0.05) is 41.5 Å². The highest BCUT2D eigenvalue weighted by Gasteiger charge is 2.45. The zero-order valence-electron chi connectivity index (χ0n) is 22.7. The highest BCUT2D eigenvalue weighted by atomic mass is 28.4. The predicted octanol–water partition coefficient (Wildman–Crippen LogP) is 7.20. The summed E-state index contributed by atoms with van der Waals surface area (Å²) < 4.78 is 24.8. The van der Waals surface area contributed by atoms with Crippen molar-refractivity contribution in [3.8, 4) is 0 Å². The van der Waals surface area contributed by atoms with Crippen LogP contribution in [0.5, 0.6) is 0 Å². The summed E-state index contributed by atoms with van der Waals surface area (Å²) in [4.78, 5) is 0. The Hall–Kier alpha value is -1.17. The van der Waals surface area contributed by atoms with E-state index in [0.717, 1.165) is 0 Å². The minimum Gasteiger partial charge on any atom is -0.467 e. The van der Waals surface area contributed by atoms with E-state index < -0.39 is 41.1 Å². The minimum absolute atomic E-state index is 0.0258. The van der Waals surface area contributed by atoms with Gasteiger partial charge >= 0.3 is 0 Å². The first kappa shape index (κ1) is 29.1. The molecule has 0 fully saturated rings. The van der Waals surface area contributed by atoms with E-state index in [2.05, 4.69) is 67.7 Å². The van der Waals surface area contributed by atoms with E-state index in [9.17, 15) is 10.2 Å². The molecular weight excluding hydrogens is 464 g/mol. The lowest BCUT2D eigenvalue weighted by Gasteiger charge is -2.45. The Morgan fingerprint density at radius 3 is 1.26 bits per heavy atom. The molecule has 0 unspecified atom stereocenters. The van der Waals surface area contributed by atoms with Crippen molar-refractivity contribution in [1.29, 1.82) is 0 Å². The first-order valence-electron chi connectivity index (χ1n) is 12.2. The Labute approximate surface area is 207 Å². The first-order chi connectivity index (χ1) is 15.4. The molecule has 194 valence electrons. The first-order valence-corrected chi connectivity index (χ1v) is 18.0. The SMILES string of the molecule is CC(C)(C)[Si](C)(C)O[C@@H](C[C@@H](O)c1ccco1)[C@@H](C[C@@H](O)c1ccco1)O[Si](C)(C)C(C)(C)C. The number of aliphatic hydroxyl groups excluding tert-OH is 2. The van der Waals surface area contributed by atoms with E-state index >= 15 is 0 Å². The van der Waals surface area contributed by atoms with E-state index in [1.165, 1.54) is 0 Å². The molecule has 0 aliphatic rings. The van der Waals surface area contributed by atoms with Crippen molar-refractivity contribution in [1.82, 2.24) is 0 Å². The second-order valence-electron chi connectivity index (χ2n) is 12.4. The summed E-state index contributed by atoms with van der Waals surface area (Å²) in [5.74, 6) is 1.00. The summed E-state index contributed by atoms with van der Waals surface area (Å²) in [7, 11) is -4.46. The van der Waals surface area contributed by atoms with Gasteiger partial charge in [0.15, 0.2) is 16.6 Å².